The van der Waals surface area contributed by atoms with E-state index in [9.17, 15) is 13.6 Å². The highest BCUT2D eigenvalue weighted by molar-refractivity contribution is 5.94. The summed E-state index contributed by atoms with van der Waals surface area (Å²) in [4.78, 5) is 19.5. The molecule has 1 amide bonds. The Morgan fingerprint density at radius 1 is 1.02 bits per heavy atom. The summed E-state index contributed by atoms with van der Waals surface area (Å²) in [7, 11) is 0. The molecule has 3 heterocycles. The predicted octanol–water partition coefficient (Wildman–Crippen LogP) is 6.13. The summed E-state index contributed by atoms with van der Waals surface area (Å²) in [5, 5.41) is 11.4. The molecular weight excluding hydrogens is 529 g/mol. The molecule has 214 valence electrons. The summed E-state index contributed by atoms with van der Waals surface area (Å²) in [5.41, 5.74) is 0.257. The molecule has 0 bridgehead atoms. The van der Waals surface area contributed by atoms with E-state index in [1.807, 2.05) is 29.2 Å². The molecule has 7 nitrogen and oxygen atoms in total. The highest BCUT2D eigenvalue weighted by atomic mass is 19.3. The average Bonchev–Trinajstić information content (AvgIpc) is 3.13. The maximum absolute atomic E-state index is 15.4. The molecule has 0 unspecified atom stereocenters. The van der Waals surface area contributed by atoms with Crippen LogP contribution < -0.4 is 10.2 Å². The van der Waals surface area contributed by atoms with Crippen LogP contribution in [0.1, 0.15) is 64.4 Å². The summed E-state index contributed by atoms with van der Waals surface area (Å²) < 4.78 is 45.3. The normalized spacial score (nSPS) is 14.4. The average molecular weight is 563 g/mol. The number of aromatic nitrogens is 4. The second-order valence-electron chi connectivity index (χ2n) is 11.7. The fourth-order valence-corrected chi connectivity index (χ4v) is 4.99. The van der Waals surface area contributed by atoms with Crippen LogP contribution in [-0.2, 0) is 11.2 Å². The van der Waals surface area contributed by atoms with Gasteiger partial charge in [-0.2, -0.15) is 4.98 Å². The molecule has 5 rings (SSSR count). The molecule has 0 atom stereocenters. The molecule has 2 aromatic carbocycles. The molecule has 10 heteroatoms. The van der Waals surface area contributed by atoms with Crippen LogP contribution in [-0.4, -0.2) is 43.5 Å². The molecule has 1 aliphatic heterocycles. The van der Waals surface area contributed by atoms with Crippen molar-refractivity contribution in [2.45, 2.75) is 72.3 Å². The highest BCUT2D eigenvalue weighted by Gasteiger charge is 2.49. The third-order valence-corrected chi connectivity index (χ3v) is 7.83. The molecular formula is C31H33F3N6O. The molecule has 0 aliphatic carbocycles. The van der Waals surface area contributed by atoms with E-state index in [0.717, 1.165) is 43.0 Å². The lowest BCUT2D eigenvalue weighted by Crippen LogP contribution is -2.53. The SMILES string of the molecule is Cc1nnc2nc(N3CCCCc4c(C#CC(C)(C)NC(=O)C(C)(C)C(C)(F)F)cccc43)c3c(F)cccc3n12. The fourth-order valence-electron chi connectivity index (χ4n) is 4.99. The quantitative estimate of drug-likeness (QED) is 0.303. The van der Waals surface area contributed by atoms with E-state index in [0.29, 0.717) is 34.9 Å². The molecule has 2 aromatic heterocycles. The van der Waals surface area contributed by atoms with Gasteiger partial charge in [-0.15, -0.1) is 10.2 Å². The van der Waals surface area contributed by atoms with Crippen LogP contribution in [0.4, 0.5) is 24.7 Å². The molecule has 0 fully saturated rings. The van der Waals surface area contributed by atoms with Gasteiger partial charge in [0.15, 0.2) is 0 Å². The Morgan fingerprint density at radius 3 is 2.49 bits per heavy atom. The lowest BCUT2D eigenvalue weighted by atomic mass is 9.84. The molecule has 0 saturated carbocycles. The van der Waals surface area contributed by atoms with E-state index in [1.165, 1.54) is 19.9 Å². The van der Waals surface area contributed by atoms with E-state index in [1.54, 1.807) is 31.2 Å². The molecule has 0 saturated heterocycles. The topological polar surface area (TPSA) is 75.4 Å². The van der Waals surface area contributed by atoms with E-state index < -0.39 is 22.8 Å². The third-order valence-electron chi connectivity index (χ3n) is 7.83. The highest BCUT2D eigenvalue weighted by Crippen LogP contribution is 2.39. The number of anilines is 2. The lowest BCUT2D eigenvalue weighted by Gasteiger charge is -2.33. The number of fused-ring (bicyclic) bond motifs is 4. The van der Waals surface area contributed by atoms with E-state index in [2.05, 4.69) is 27.4 Å². The zero-order chi connectivity index (χ0) is 29.7. The Morgan fingerprint density at radius 2 is 1.76 bits per heavy atom. The first-order valence-electron chi connectivity index (χ1n) is 13.6. The van der Waals surface area contributed by atoms with Gasteiger partial charge in [0.25, 0.3) is 11.7 Å². The molecule has 4 aromatic rings. The number of nitrogens with one attached hydrogen (secondary N) is 1. The van der Waals surface area contributed by atoms with Crippen LogP contribution >= 0.6 is 0 Å². The number of carbonyl (C=O) groups excluding carboxylic acids is 1. The smallest absolute Gasteiger partial charge is 0.259 e. The second-order valence-corrected chi connectivity index (χ2v) is 11.7. The number of benzene rings is 2. The summed E-state index contributed by atoms with van der Waals surface area (Å²) in [6, 6.07) is 10.7. The third kappa shape index (κ3) is 5.09. The number of alkyl halides is 2. The van der Waals surface area contributed by atoms with Crippen LogP contribution in [0.15, 0.2) is 36.4 Å². The van der Waals surface area contributed by atoms with Crippen LogP contribution in [0.5, 0.6) is 0 Å². The minimum atomic E-state index is -3.20. The van der Waals surface area contributed by atoms with Crippen molar-refractivity contribution in [3.8, 4) is 11.8 Å². The van der Waals surface area contributed by atoms with Crippen molar-refractivity contribution in [2.24, 2.45) is 5.41 Å². The Kier molecular flexibility index (Phi) is 6.96. The second kappa shape index (κ2) is 10.1. The van der Waals surface area contributed by atoms with Crippen LogP contribution in [0, 0.1) is 30.0 Å². The van der Waals surface area contributed by atoms with Gasteiger partial charge >= 0.3 is 0 Å². The van der Waals surface area contributed by atoms with Crippen molar-refractivity contribution < 1.29 is 18.0 Å². The zero-order valence-electron chi connectivity index (χ0n) is 24.1. The number of carbonyl (C=O) groups is 1. The standard InChI is InChI=1S/C31H33F3N6O/c1-19-37-38-28-35-26(25-22(32)13-10-15-24(25)40(19)28)39-18-8-7-12-21-20(11-9-14-23(21)39)16-17-29(2,3)36-27(41)30(4,5)31(6,33)34/h9-11,13-15H,7-8,12,18H2,1-6H3,(H,36,41). The summed E-state index contributed by atoms with van der Waals surface area (Å²) >= 11 is 0. The maximum atomic E-state index is 15.4. The van der Waals surface area contributed by atoms with Crippen molar-refractivity contribution in [2.75, 3.05) is 11.4 Å². The van der Waals surface area contributed by atoms with Crippen molar-refractivity contribution in [1.82, 2.24) is 24.9 Å². The van der Waals surface area contributed by atoms with Gasteiger partial charge in [-0.1, -0.05) is 24.0 Å². The van der Waals surface area contributed by atoms with Crippen molar-refractivity contribution in [3.63, 3.8) is 0 Å². The molecule has 1 aliphatic rings. The van der Waals surface area contributed by atoms with E-state index >= 15 is 4.39 Å². The number of nitrogens with zero attached hydrogens (tertiary/aromatic N) is 5. The number of halogens is 3. The van der Waals surface area contributed by atoms with Crippen LogP contribution in [0.3, 0.4) is 0 Å². The summed E-state index contributed by atoms with van der Waals surface area (Å²) in [6.45, 7) is 8.96. The number of rotatable bonds is 4. The van der Waals surface area contributed by atoms with E-state index in [4.69, 9.17) is 4.98 Å². The Hall–Kier alpha value is -4.13. The molecule has 1 N–H and O–H groups in total. The van der Waals surface area contributed by atoms with Gasteiger partial charge in [-0.3, -0.25) is 9.20 Å². The van der Waals surface area contributed by atoms with Gasteiger partial charge in [0.2, 0.25) is 5.91 Å². The van der Waals surface area contributed by atoms with Crippen molar-refractivity contribution >= 4 is 34.1 Å². The fraction of sp³-hybridized carbons (Fsp3) is 0.419. The first-order chi connectivity index (χ1) is 19.2. The minimum Gasteiger partial charge on any atom is -0.340 e. The van der Waals surface area contributed by atoms with Gasteiger partial charge in [0.05, 0.1) is 16.4 Å². The van der Waals surface area contributed by atoms with Gasteiger partial charge in [-0.25, -0.2) is 13.2 Å². The zero-order valence-corrected chi connectivity index (χ0v) is 24.1. The van der Waals surface area contributed by atoms with Gasteiger partial charge in [0.1, 0.15) is 22.9 Å². The molecule has 41 heavy (non-hydrogen) atoms. The number of hydrogen-bond donors (Lipinski definition) is 1. The van der Waals surface area contributed by atoms with E-state index in [-0.39, 0.29) is 5.82 Å². The van der Waals surface area contributed by atoms with Crippen LogP contribution in [0.25, 0.3) is 16.7 Å². The summed E-state index contributed by atoms with van der Waals surface area (Å²) in [5.74, 6) is 3.36. The number of aryl methyl sites for hydroxylation is 1. The molecule has 0 radical (unpaired) electrons. The summed E-state index contributed by atoms with van der Waals surface area (Å²) in [6.07, 6.45) is 2.47. The minimum absolute atomic E-state index is 0.381. The van der Waals surface area contributed by atoms with Gasteiger partial charge in [0, 0.05) is 24.7 Å². The lowest BCUT2D eigenvalue weighted by molar-refractivity contribution is -0.152. The largest absolute Gasteiger partial charge is 0.340 e. The van der Waals surface area contributed by atoms with Crippen LogP contribution in [0.2, 0.25) is 0 Å². The predicted molar refractivity (Wildman–Crippen MR) is 153 cm³/mol. The van der Waals surface area contributed by atoms with Crippen molar-refractivity contribution in [1.29, 1.82) is 0 Å². The number of hydrogen-bond acceptors (Lipinski definition) is 5. The van der Waals surface area contributed by atoms with Gasteiger partial charge in [-0.05, 0) is 83.7 Å². The Balaban J connectivity index is 1.58. The maximum Gasteiger partial charge on any atom is 0.259 e. The Labute approximate surface area is 237 Å². The first kappa shape index (κ1) is 28.4. The monoisotopic (exact) mass is 562 g/mol. The number of amides is 1. The molecule has 0 spiro atoms. The Bertz CT molecular complexity index is 1730. The van der Waals surface area contributed by atoms with Crippen molar-refractivity contribution in [3.05, 3.63) is 59.2 Å². The first-order valence-corrected chi connectivity index (χ1v) is 13.6. The van der Waals surface area contributed by atoms with Gasteiger partial charge < -0.3 is 10.2 Å².